The van der Waals surface area contributed by atoms with E-state index in [-0.39, 0.29) is 12.2 Å². The Morgan fingerprint density at radius 3 is 2.74 bits per heavy atom. The van der Waals surface area contributed by atoms with Crippen molar-refractivity contribution in [2.45, 2.75) is 13.8 Å². The number of rotatable bonds is 5. The molecule has 0 aliphatic rings. The summed E-state index contributed by atoms with van der Waals surface area (Å²) in [5, 5.41) is 10.8. The number of carbonyl (C=O) groups is 1. The van der Waals surface area contributed by atoms with Crippen LogP contribution >= 0.6 is 15.9 Å². The van der Waals surface area contributed by atoms with Crippen LogP contribution in [-0.2, 0) is 9.53 Å². The minimum atomic E-state index is -0.493. The molecule has 0 aliphatic carbocycles. The molecular weight excluding hydrogens is 318 g/mol. The van der Waals surface area contributed by atoms with Crippen LogP contribution in [0.1, 0.15) is 12.5 Å². The molecule has 8 heteroatoms. The fourth-order valence-electron chi connectivity index (χ4n) is 1.52. The molecule has 0 N–H and O–H groups in total. The van der Waals surface area contributed by atoms with Crippen molar-refractivity contribution in [3.05, 3.63) is 26.3 Å². The quantitative estimate of drug-likeness (QED) is 0.466. The first-order valence-electron chi connectivity index (χ1n) is 5.53. The predicted molar refractivity (Wildman–Crippen MR) is 73.2 cm³/mol. The average molecular weight is 332 g/mol. The summed E-state index contributed by atoms with van der Waals surface area (Å²) in [4.78, 5) is 27.3. The lowest BCUT2D eigenvalue weighted by Gasteiger charge is -2.22. The number of carbonyl (C=O) groups excluding carboxylic acids is 1. The van der Waals surface area contributed by atoms with E-state index in [0.717, 1.165) is 0 Å². The number of ether oxygens (including phenoxy) is 1. The molecule has 0 radical (unpaired) electrons. The van der Waals surface area contributed by atoms with Gasteiger partial charge in [-0.25, -0.2) is 4.98 Å². The molecule has 0 unspecified atom stereocenters. The van der Waals surface area contributed by atoms with Crippen LogP contribution in [0.25, 0.3) is 0 Å². The molecule has 1 aromatic rings. The normalized spacial score (nSPS) is 10.1. The first-order chi connectivity index (χ1) is 8.92. The lowest BCUT2D eigenvalue weighted by molar-refractivity contribution is -0.385. The molecule has 0 fully saturated rings. The molecule has 7 nitrogen and oxygen atoms in total. The summed E-state index contributed by atoms with van der Waals surface area (Å²) in [6, 6.07) is 0. The zero-order valence-electron chi connectivity index (χ0n) is 10.8. The van der Waals surface area contributed by atoms with Gasteiger partial charge in [0.1, 0.15) is 18.6 Å². The molecule has 19 heavy (non-hydrogen) atoms. The Balaban J connectivity index is 3.16. The third-order valence-corrected chi connectivity index (χ3v) is 3.59. The summed E-state index contributed by atoms with van der Waals surface area (Å²) in [7, 11) is 1.31. The van der Waals surface area contributed by atoms with Gasteiger partial charge in [-0.2, -0.15) is 0 Å². The minimum absolute atomic E-state index is 0.0376. The van der Waals surface area contributed by atoms with Gasteiger partial charge in [-0.15, -0.1) is 0 Å². The Morgan fingerprint density at radius 1 is 1.63 bits per heavy atom. The standard InChI is InChI=1S/C11H14BrN3O4/c1-4-14(6-9(16)19-3)11-10(12)7(2)8(5-13-11)15(17)18/h5H,4,6H2,1-3H3. The van der Waals surface area contributed by atoms with E-state index in [9.17, 15) is 14.9 Å². The van der Waals surface area contributed by atoms with Crippen molar-refractivity contribution >= 4 is 33.4 Å². The Kier molecular flexibility index (Phi) is 5.22. The molecule has 0 saturated carbocycles. The van der Waals surface area contributed by atoms with Crippen molar-refractivity contribution in [3.8, 4) is 0 Å². The number of anilines is 1. The van der Waals surface area contributed by atoms with E-state index in [1.54, 1.807) is 11.8 Å². The summed E-state index contributed by atoms with van der Waals surface area (Å²) >= 11 is 3.29. The van der Waals surface area contributed by atoms with E-state index in [4.69, 9.17) is 0 Å². The van der Waals surface area contributed by atoms with Crippen LogP contribution in [0.2, 0.25) is 0 Å². The van der Waals surface area contributed by atoms with E-state index in [0.29, 0.717) is 22.4 Å². The molecule has 0 amide bonds. The Morgan fingerprint density at radius 2 is 2.26 bits per heavy atom. The maximum Gasteiger partial charge on any atom is 0.325 e. The van der Waals surface area contributed by atoms with Gasteiger partial charge in [0.25, 0.3) is 5.69 Å². The molecule has 104 valence electrons. The van der Waals surface area contributed by atoms with Gasteiger partial charge in [-0.3, -0.25) is 14.9 Å². The Hall–Kier alpha value is -1.70. The van der Waals surface area contributed by atoms with Crippen LogP contribution in [0.5, 0.6) is 0 Å². The van der Waals surface area contributed by atoms with Gasteiger partial charge in [0.2, 0.25) is 0 Å². The fourth-order valence-corrected chi connectivity index (χ4v) is 2.07. The number of methoxy groups -OCH3 is 1. The van der Waals surface area contributed by atoms with E-state index in [1.807, 2.05) is 6.92 Å². The number of hydrogen-bond donors (Lipinski definition) is 0. The van der Waals surface area contributed by atoms with Crippen molar-refractivity contribution in [3.63, 3.8) is 0 Å². The second-order valence-electron chi connectivity index (χ2n) is 3.75. The summed E-state index contributed by atoms with van der Waals surface area (Å²) in [6.07, 6.45) is 1.19. The molecule has 0 atom stereocenters. The molecule has 0 bridgehead atoms. The van der Waals surface area contributed by atoms with Crippen molar-refractivity contribution < 1.29 is 14.5 Å². The highest BCUT2D eigenvalue weighted by atomic mass is 79.9. The smallest absolute Gasteiger partial charge is 0.325 e. The summed E-state index contributed by atoms with van der Waals surface area (Å²) in [5.74, 6) is 0.0857. The largest absolute Gasteiger partial charge is 0.468 e. The van der Waals surface area contributed by atoms with Crippen LogP contribution in [0.15, 0.2) is 10.7 Å². The first kappa shape index (κ1) is 15.4. The first-order valence-corrected chi connectivity index (χ1v) is 6.32. The Labute approximate surface area is 118 Å². The number of aromatic nitrogens is 1. The van der Waals surface area contributed by atoms with Crippen LogP contribution < -0.4 is 4.90 Å². The van der Waals surface area contributed by atoms with Crippen molar-refractivity contribution in [1.82, 2.24) is 4.98 Å². The zero-order valence-corrected chi connectivity index (χ0v) is 12.4. The lowest BCUT2D eigenvalue weighted by Crippen LogP contribution is -2.31. The number of halogens is 1. The fraction of sp³-hybridized carbons (Fsp3) is 0.455. The van der Waals surface area contributed by atoms with Crippen molar-refractivity contribution in [2.24, 2.45) is 0 Å². The summed E-state index contributed by atoms with van der Waals surface area (Å²) in [5.41, 5.74) is 0.406. The molecular formula is C11H14BrN3O4. The third kappa shape index (κ3) is 3.40. The molecule has 0 saturated heterocycles. The number of esters is 1. The van der Waals surface area contributed by atoms with Gasteiger partial charge in [0.05, 0.1) is 16.5 Å². The lowest BCUT2D eigenvalue weighted by atomic mass is 10.2. The van der Waals surface area contributed by atoms with E-state index in [1.165, 1.54) is 13.3 Å². The molecule has 1 aromatic heterocycles. The number of likely N-dealkylation sites (N-methyl/N-ethyl adjacent to an activating group) is 1. The number of pyridine rings is 1. The van der Waals surface area contributed by atoms with Crippen molar-refractivity contribution in [2.75, 3.05) is 25.1 Å². The Bertz CT molecular complexity index is 507. The minimum Gasteiger partial charge on any atom is -0.468 e. The predicted octanol–water partition coefficient (Wildman–Crippen LogP) is 2.06. The van der Waals surface area contributed by atoms with Gasteiger partial charge in [0, 0.05) is 12.1 Å². The molecule has 0 spiro atoms. The van der Waals surface area contributed by atoms with Gasteiger partial charge in [-0.1, -0.05) is 0 Å². The van der Waals surface area contributed by atoms with Crippen LogP contribution in [0, 0.1) is 17.0 Å². The SMILES string of the molecule is CCN(CC(=O)OC)c1ncc([N+](=O)[O-])c(C)c1Br. The van der Waals surface area contributed by atoms with E-state index in [2.05, 4.69) is 25.7 Å². The maximum absolute atomic E-state index is 11.3. The molecule has 1 heterocycles. The number of hydrogen-bond acceptors (Lipinski definition) is 6. The van der Waals surface area contributed by atoms with Crippen LogP contribution in [0.4, 0.5) is 11.5 Å². The average Bonchev–Trinajstić information content (AvgIpc) is 2.38. The van der Waals surface area contributed by atoms with Crippen LogP contribution in [-0.4, -0.2) is 36.1 Å². The van der Waals surface area contributed by atoms with Gasteiger partial charge >= 0.3 is 5.97 Å². The van der Waals surface area contributed by atoms with Gasteiger partial charge in [0.15, 0.2) is 0 Å². The summed E-state index contributed by atoms with van der Waals surface area (Å²) < 4.78 is 5.11. The topological polar surface area (TPSA) is 85.6 Å². The third-order valence-electron chi connectivity index (χ3n) is 2.64. The van der Waals surface area contributed by atoms with Crippen molar-refractivity contribution in [1.29, 1.82) is 0 Å². The highest BCUT2D eigenvalue weighted by Crippen LogP contribution is 2.32. The highest BCUT2D eigenvalue weighted by molar-refractivity contribution is 9.10. The number of nitrogens with zero attached hydrogens (tertiary/aromatic N) is 3. The second kappa shape index (κ2) is 6.46. The van der Waals surface area contributed by atoms with E-state index < -0.39 is 10.9 Å². The zero-order chi connectivity index (χ0) is 14.6. The monoisotopic (exact) mass is 331 g/mol. The van der Waals surface area contributed by atoms with Crippen LogP contribution in [0.3, 0.4) is 0 Å². The number of nitro groups is 1. The summed E-state index contributed by atoms with van der Waals surface area (Å²) in [6.45, 7) is 4.04. The molecule has 1 rings (SSSR count). The molecule has 0 aliphatic heterocycles. The highest BCUT2D eigenvalue weighted by Gasteiger charge is 2.21. The van der Waals surface area contributed by atoms with E-state index >= 15 is 0 Å². The van der Waals surface area contributed by atoms with Gasteiger partial charge < -0.3 is 9.64 Å². The maximum atomic E-state index is 11.3. The molecule has 0 aromatic carbocycles. The second-order valence-corrected chi connectivity index (χ2v) is 4.55. The van der Waals surface area contributed by atoms with Gasteiger partial charge in [-0.05, 0) is 29.8 Å².